The van der Waals surface area contributed by atoms with Gasteiger partial charge in [0.15, 0.2) is 10.3 Å². The van der Waals surface area contributed by atoms with E-state index in [1.807, 2.05) is 17.5 Å². The molecule has 2 aromatic heterocycles. The molecule has 0 aliphatic carbocycles. The summed E-state index contributed by atoms with van der Waals surface area (Å²) in [6, 6.07) is 4.03. The average molecular weight is 256 g/mol. The zero-order chi connectivity index (χ0) is 10.7. The Labute approximate surface area is 100.0 Å². The van der Waals surface area contributed by atoms with Crippen molar-refractivity contribution in [2.45, 2.75) is 6.54 Å². The second kappa shape index (κ2) is 4.62. The molecule has 0 aliphatic rings. The van der Waals surface area contributed by atoms with E-state index < -0.39 is 0 Å². The topological polar surface area (TPSA) is 48.7 Å². The fourth-order valence-electron chi connectivity index (χ4n) is 1.02. The second-order valence-corrected chi connectivity index (χ2v) is 4.87. The van der Waals surface area contributed by atoms with Gasteiger partial charge in [-0.1, -0.05) is 22.9 Å². The van der Waals surface area contributed by atoms with Crippen molar-refractivity contribution in [3.05, 3.63) is 32.4 Å². The Morgan fingerprint density at radius 3 is 3.07 bits per heavy atom. The number of nitrogens with one attached hydrogen (secondary N) is 1. The Balaban J connectivity index is 2.03. The maximum atomic E-state index is 8.69. The van der Waals surface area contributed by atoms with Gasteiger partial charge in [0.05, 0.1) is 0 Å². The van der Waals surface area contributed by atoms with Gasteiger partial charge in [-0.2, -0.15) is 16.6 Å². The molecule has 15 heavy (non-hydrogen) atoms. The zero-order valence-electron chi connectivity index (χ0n) is 7.53. The lowest BCUT2D eigenvalue weighted by Gasteiger charge is -1.98. The number of nitrogens with zero attached hydrogens (tertiary/aromatic N) is 2. The highest BCUT2D eigenvalue weighted by atomic mass is 35.5. The smallest absolute Gasteiger partial charge is 0.185 e. The van der Waals surface area contributed by atoms with E-state index in [1.165, 1.54) is 16.9 Å². The van der Waals surface area contributed by atoms with Crippen LogP contribution in [-0.2, 0) is 6.54 Å². The number of nitriles is 1. The first-order valence-electron chi connectivity index (χ1n) is 4.11. The van der Waals surface area contributed by atoms with E-state index in [2.05, 4.69) is 15.7 Å². The number of anilines is 1. The Hall–Kier alpha value is -1.09. The van der Waals surface area contributed by atoms with Crippen molar-refractivity contribution < 1.29 is 0 Å². The first-order chi connectivity index (χ1) is 7.29. The molecule has 0 bridgehead atoms. The maximum absolute atomic E-state index is 8.69. The molecule has 2 heterocycles. The molecule has 1 N–H and O–H groups in total. The average Bonchev–Trinajstić information content (AvgIpc) is 2.83. The van der Waals surface area contributed by atoms with Crippen LogP contribution in [0.15, 0.2) is 16.8 Å². The van der Waals surface area contributed by atoms with Gasteiger partial charge in [0.1, 0.15) is 10.9 Å². The van der Waals surface area contributed by atoms with E-state index in [-0.39, 0.29) is 5.15 Å². The van der Waals surface area contributed by atoms with Crippen molar-refractivity contribution in [3.63, 3.8) is 0 Å². The first kappa shape index (κ1) is 10.4. The Bertz CT molecular complexity index is 484. The van der Waals surface area contributed by atoms with Crippen LogP contribution in [0.2, 0.25) is 5.15 Å². The predicted octanol–water partition coefficient (Wildman–Crippen LogP) is 3.34. The normalized spacial score (nSPS) is 9.87. The first-order valence-corrected chi connectivity index (χ1v) is 6.24. The summed E-state index contributed by atoms with van der Waals surface area (Å²) in [5, 5.41) is 16.9. The number of hydrogen-bond acceptors (Lipinski definition) is 5. The molecule has 6 heteroatoms. The molecule has 0 amide bonds. The summed E-state index contributed by atoms with van der Waals surface area (Å²) in [7, 11) is 0. The van der Waals surface area contributed by atoms with Gasteiger partial charge < -0.3 is 5.32 Å². The van der Waals surface area contributed by atoms with Crippen LogP contribution < -0.4 is 5.32 Å². The van der Waals surface area contributed by atoms with Crippen LogP contribution in [0.25, 0.3) is 0 Å². The fourth-order valence-corrected chi connectivity index (χ4v) is 2.63. The van der Waals surface area contributed by atoms with Crippen molar-refractivity contribution in [3.8, 4) is 6.07 Å². The molecule has 76 valence electrons. The van der Waals surface area contributed by atoms with Crippen LogP contribution >= 0.6 is 34.3 Å². The van der Waals surface area contributed by atoms with Crippen molar-refractivity contribution in [2.24, 2.45) is 0 Å². The van der Waals surface area contributed by atoms with Crippen molar-refractivity contribution in [2.75, 3.05) is 5.32 Å². The minimum absolute atomic E-state index is 0.273. The van der Waals surface area contributed by atoms with Crippen LogP contribution in [0.3, 0.4) is 0 Å². The molecular weight excluding hydrogens is 250 g/mol. The van der Waals surface area contributed by atoms with Gasteiger partial charge in [-0.05, 0) is 22.4 Å². The van der Waals surface area contributed by atoms with Gasteiger partial charge >= 0.3 is 0 Å². The Morgan fingerprint density at radius 1 is 1.60 bits per heavy atom. The number of thiophene rings is 1. The predicted molar refractivity (Wildman–Crippen MR) is 63.5 cm³/mol. The summed E-state index contributed by atoms with van der Waals surface area (Å²) >= 11 is 8.67. The molecule has 2 rings (SSSR count). The van der Waals surface area contributed by atoms with Gasteiger partial charge in [0, 0.05) is 6.54 Å². The Morgan fingerprint density at radius 2 is 2.47 bits per heavy atom. The number of aromatic nitrogens is 1. The number of halogens is 1. The molecule has 0 atom stereocenters. The summed E-state index contributed by atoms with van der Waals surface area (Å²) in [5.41, 5.74) is 1.20. The Kier molecular flexibility index (Phi) is 3.21. The van der Waals surface area contributed by atoms with Crippen LogP contribution in [0.4, 0.5) is 5.13 Å². The number of hydrogen-bond donors (Lipinski definition) is 1. The molecule has 0 saturated heterocycles. The summed E-state index contributed by atoms with van der Waals surface area (Å²) in [5.74, 6) is 0. The largest absolute Gasteiger partial charge is 0.357 e. The van der Waals surface area contributed by atoms with E-state index in [9.17, 15) is 0 Å². The third-order valence-corrected chi connectivity index (χ3v) is 3.75. The third-order valence-electron chi connectivity index (χ3n) is 1.71. The summed E-state index contributed by atoms with van der Waals surface area (Å²) in [6.45, 7) is 0.707. The van der Waals surface area contributed by atoms with Gasteiger partial charge in [-0.3, -0.25) is 0 Å². The van der Waals surface area contributed by atoms with Gasteiger partial charge in [0.2, 0.25) is 0 Å². The maximum Gasteiger partial charge on any atom is 0.185 e. The standard InChI is InChI=1S/C9H6ClN3S2/c10-8-7(3-11)15-9(13-8)12-4-6-1-2-14-5-6/h1-2,5H,4H2,(H,12,13). The minimum atomic E-state index is 0.273. The zero-order valence-corrected chi connectivity index (χ0v) is 9.92. The number of rotatable bonds is 3. The molecule has 0 radical (unpaired) electrons. The van der Waals surface area contributed by atoms with Crippen LogP contribution in [0.1, 0.15) is 10.4 Å². The van der Waals surface area contributed by atoms with E-state index in [4.69, 9.17) is 16.9 Å². The van der Waals surface area contributed by atoms with E-state index in [0.717, 1.165) is 0 Å². The molecule has 0 spiro atoms. The lowest BCUT2D eigenvalue weighted by atomic mass is 10.3. The van der Waals surface area contributed by atoms with Gasteiger partial charge in [0.25, 0.3) is 0 Å². The molecule has 0 aromatic carbocycles. The molecule has 0 saturated carbocycles. The quantitative estimate of drug-likeness (QED) is 0.915. The van der Waals surface area contributed by atoms with Crippen LogP contribution in [0.5, 0.6) is 0 Å². The summed E-state index contributed by atoms with van der Waals surface area (Å²) < 4.78 is 0. The van der Waals surface area contributed by atoms with Gasteiger partial charge in [-0.15, -0.1) is 0 Å². The van der Waals surface area contributed by atoms with Crippen LogP contribution in [0, 0.1) is 11.3 Å². The van der Waals surface area contributed by atoms with E-state index >= 15 is 0 Å². The summed E-state index contributed by atoms with van der Waals surface area (Å²) in [6.07, 6.45) is 0. The SMILES string of the molecule is N#Cc1sc(NCc2ccsc2)nc1Cl. The minimum Gasteiger partial charge on any atom is -0.357 e. The highest BCUT2D eigenvalue weighted by Gasteiger charge is 2.07. The van der Waals surface area contributed by atoms with Crippen LogP contribution in [-0.4, -0.2) is 4.98 Å². The van der Waals surface area contributed by atoms with Crippen molar-refractivity contribution >= 4 is 39.4 Å². The van der Waals surface area contributed by atoms with E-state index in [1.54, 1.807) is 11.3 Å². The molecule has 3 nitrogen and oxygen atoms in total. The number of thiazole rings is 1. The lowest BCUT2D eigenvalue weighted by Crippen LogP contribution is -1.96. The van der Waals surface area contributed by atoms with Crippen molar-refractivity contribution in [1.29, 1.82) is 5.26 Å². The molecular formula is C9H6ClN3S2. The molecule has 2 aromatic rings. The third kappa shape index (κ3) is 2.48. The second-order valence-electron chi connectivity index (χ2n) is 2.74. The fraction of sp³-hybridized carbons (Fsp3) is 0.111. The highest BCUT2D eigenvalue weighted by molar-refractivity contribution is 7.16. The highest BCUT2D eigenvalue weighted by Crippen LogP contribution is 2.26. The molecule has 0 unspecified atom stereocenters. The van der Waals surface area contributed by atoms with Gasteiger partial charge in [-0.25, -0.2) is 4.98 Å². The molecule has 0 aliphatic heterocycles. The summed E-state index contributed by atoms with van der Waals surface area (Å²) in [4.78, 5) is 4.48. The van der Waals surface area contributed by atoms with Crippen molar-refractivity contribution in [1.82, 2.24) is 4.98 Å². The molecule has 0 fully saturated rings. The lowest BCUT2D eigenvalue weighted by molar-refractivity contribution is 1.15. The monoisotopic (exact) mass is 255 g/mol. The van der Waals surface area contributed by atoms with E-state index in [0.29, 0.717) is 16.6 Å².